The molecular weight excluding hydrogens is 372 g/mol. The van der Waals surface area contributed by atoms with Crippen molar-refractivity contribution in [2.75, 3.05) is 45.3 Å². The third-order valence-electron chi connectivity index (χ3n) is 5.03. The minimum absolute atomic E-state index is 0.397. The molecule has 3 aromatic rings. The van der Waals surface area contributed by atoms with Crippen LogP contribution in [0.15, 0.2) is 36.7 Å². The fraction of sp³-hybridized carbons (Fsp3) is 0.300. The molecule has 2 N–H and O–H groups in total. The van der Waals surface area contributed by atoms with E-state index in [1.165, 1.54) is 6.33 Å². The van der Waals surface area contributed by atoms with Crippen molar-refractivity contribution in [2.45, 2.75) is 0 Å². The minimum Gasteiger partial charge on any atom is -0.493 e. The van der Waals surface area contributed by atoms with Gasteiger partial charge in [-0.05, 0) is 30.3 Å². The molecule has 0 saturated carbocycles. The normalized spacial score (nSPS) is 14.1. The Bertz CT molecular complexity index is 1050. The summed E-state index contributed by atoms with van der Waals surface area (Å²) < 4.78 is 10.7. The van der Waals surface area contributed by atoms with E-state index in [1.807, 2.05) is 30.3 Å². The Morgan fingerprint density at radius 3 is 2.45 bits per heavy atom. The number of fused-ring (bicyclic) bond motifs is 1. The Morgan fingerprint density at radius 2 is 1.76 bits per heavy atom. The monoisotopic (exact) mass is 394 g/mol. The first-order valence-electron chi connectivity index (χ1n) is 9.24. The van der Waals surface area contributed by atoms with Crippen LogP contribution < -0.4 is 20.1 Å². The van der Waals surface area contributed by atoms with Crippen molar-refractivity contribution in [1.82, 2.24) is 19.9 Å². The number of ether oxygens (including phenoxy) is 2. The number of nitrogens with two attached hydrogens (primary N) is 1. The van der Waals surface area contributed by atoms with E-state index in [4.69, 9.17) is 20.2 Å². The first-order valence-corrected chi connectivity index (χ1v) is 9.24. The van der Waals surface area contributed by atoms with Gasteiger partial charge in [0.2, 0.25) is 0 Å². The fourth-order valence-corrected chi connectivity index (χ4v) is 3.45. The summed E-state index contributed by atoms with van der Waals surface area (Å²) in [7, 11) is 3.21. The van der Waals surface area contributed by atoms with E-state index in [0.29, 0.717) is 43.2 Å². The van der Waals surface area contributed by atoms with Crippen LogP contribution in [0.1, 0.15) is 0 Å². The predicted octanol–water partition coefficient (Wildman–Crippen LogP) is 1.91. The first kappa shape index (κ1) is 18.7. The molecule has 4 rings (SSSR count). The third kappa shape index (κ3) is 3.58. The molecule has 0 radical (unpaired) electrons. The molecule has 2 amide bonds. The summed E-state index contributed by atoms with van der Waals surface area (Å²) in [6, 6.07) is 9.13. The summed E-state index contributed by atoms with van der Waals surface area (Å²) in [6.45, 7) is 2.38. The van der Waals surface area contributed by atoms with Gasteiger partial charge in [0.05, 0.1) is 25.4 Å². The highest BCUT2D eigenvalue weighted by molar-refractivity contribution is 5.87. The molecule has 9 heteroatoms. The van der Waals surface area contributed by atoms with Crippen LogP contribution in [0.5, 0.6) is 11.5 Å². The SMILES string of the molecule is COc1ccc(-c2ccc3ncnc(N4CCN(C(N)=O)CC4)c3n2)cc1OC. The van der Waals surface area contributed by atoms with E-state index in [0.717, 1.165) is 22.6 Å². The topological polar surface area (TPSA) is 107 Å². The number of aromatic nitrogens is 3. The Labute approximate surface area is 168 Å². The fourth-order valence-electron chi connectivity index (χ4n) is 3.45. The molecule has 0 bridgehead atoms. The van der Waals surface area contributed by atoms with Crippen LogP contribution in [0, 0.1) is 0 Å². The average molecular weight is 394 g/mol. The van der Waals surface area contributed by atoms with E-state index in [2.05, 4.69) is 14.9 Å². The lowest BCUT2D eigenvalue weighted by Gasteiger charge is -2.34. The molecule has 3 heterocycles. The number of piperazine rings is 1. The number of carbonyl (C=O) groups excluding carboxylic acids is 1. The smallest absolute Gasteiger partial charge is 0.314 e. The van der Waals surface area contributed by atoms with Crippen LogP contribution in [0.3, 0.4) is 0 Å². The number of pyridine rings is 1. The molecule has 1 aliphatic heterocycles. The summed E-state index contributed by atoms with van der Waals surface area (Å²) in [4.78, 5) is 28.8. The number of rotatable bonds is 4. The van der Waals surface area contributed by atoms with Gasteiger partial charge in [0.15, 0.2) is 17.3 Å². The van der Waals surface area contributed by atoms with E-state index in [-0.39, 0.29) is 0 Å². The lowest BCUT2D eigenvalue weighted by atomic mass is 10.1. The van der Waals surface area contributed by atoms with E-state index < -0.39 is 6.03 Å². The van der Waals surface area contributed by atoms with Gasteiger partial charge < -0.3 is 25.0 Å². The number of hydrogen-bond acceptors (Lipinski definition) is 7. The zero-order valence-electron chi connectivity index (χ0n) is 16.3. The lowest BCUT2D eigenvalue weighted by Crippen LogP contribution is -2.50. The maximum Gasteiger partial charge on any atom is 0.314 e. The van der Waals surface area contributed by atoms with Gasteiger partial charge in [-0.25, -0.2) is 19.7 Å². The molecule has 1 fully saturated rings. The van der Waals surface area contributed by atoms with Gasteiger partial charge in [-0.2, -0.15) is 0 Å². The van der Waals surface area contributed by atoms with Gasteiger partial charge in [0, 0.05) is 31.7 Å². The molecule has 1 aromatic carbocycles. The predicted molar refractivity (Wildman–Crippen MR) is 109 cm³/mol. The molecule has 0 unspecified atom stereocenters. The molecule has 150 valence electrons. The Morgan fingerprint density at radius 1 is 1.00 bits per heavy atom. The van der Waals surface area contributed by atoms with Crippen molar-refractivity contribution in [3.63, 3.8) is 0 Å². The van der Waals surface area contributed by atoms with Crippen molar-refractivity contribution < 1.29 is 14.3 Å². The van der Waals surface area contributed by atoms with E-state index in [9.17, 15) is 4.79 Å². The number of anilines is 1. The zero-order valence-corrected chi connectivity index (χ0v) is 16.3. The summed E-state index contributed by atoms with van der Waals surface area (Å²) in [5.41, 5.74) is 8.54. The highest BCUT2D eigenvalue weighted by Crippen LogP contribution is 2.33. The summed E-state index contributed by atoms with van der Waals surface area (Å²) >= 11 is 0. The Hall–Kier alpha value is -3.62. The van der Waals surface area contributed by atoms with Gasteiger partial charge in [-0.15, -0.1) is 0 Å². The first-order chi connectivity index (χ1) is 14.1. The highest BCUT2D eigenvalue weighted by atomic mass is 16.5. The summed E-state index contributed by atoms with van der Waals surface area (Å²) in [5, 5.41) is 0. The molecule has 29 heavy (non-hydrogen) atoms. The minimum atomic E-state index is -0.397. The second-order valence-electron chi connectivity index (χ2n) is 6.64. The number of hydrogen-bond donors (Lipinski definition) is 1. The largest absolute Gasteiger partial charge is 0.493 e. The average Bonchev–Trinajstić information content (AvgIpc) is 2.77. The second kappa shape index (κ2) is 7.78. The number of nitrogens with zero attached hydrogens (tertiary/aromatic N) is 5. The molecule has 1 aliphatic rings. The van der Waals surface area contributed by atoms with Gasteiger partial charge in [0.1, 0.15) is 11.8 Å². The highest BCUT2D eigenvalue weighted by Gasteiger charge is 2.22. The molecule has 0 spiro atoms. The van der Waals surface area contributed by atoms with Crippen LogP contribution in [0.2, 0.25) is 0 Å². The van der Waals surface area contributed by atoms with Crippen molar-refractivity contribution in [1.29, 1.82) is 0 Å². The Kier molecular flexibility index (Phi) is 5.03. The Balaban J connectivity index is 1.71. The molecule has 9 nitrogen and oxygen atoms in total. The van der Waals surface area contributed by atoms with Crippen LogP contribution in [0.25, 0.3) is 22.3 Å². The van der Waals surface area contributed by atoms with Crippen LogP contribution in [-0.4, -0.2) is 66.3 Å². The summed E-state index contributed by atoms with van der Waals surface area (Å²) in [6.07, 6.45) is 1.54. The third-order valence-corrected chi connectivity index (χ3v) is 5.03. The quantitative estimate of drug-likeness (QED) is 0.720. The van der Waals surface area contributed by atoms with Crippen LogP contribution in [-0.2, 0) is 0 Å². The molecule has 2 aromatic heterocycles. The standard InChI is InChI=1S/C20H22N6O3/c1-28-16-6-3-13(11-17(16)29-2)14-4-5-15-18(24-14)19(23-12-22-15)25-7-9-26(10-8-25)20(21)27/h3-6,11-12H,7-10H2,1-2H3,(H2,21,27). The molecule has 1 saturated heterocycles. The maximum absolute atomic E-state index is 11.4. The van der Waals surface area contributed by atoms with Gasteiger partial charge in [-0.1, -0.05) is 0 Å². The van der Waals surface area contributed by atoms with Gasteiger partial charge in [0.25, 0.3) is 0 Å². The molecule has 0 aliphatic carbocycles. The number of benzene rings is 1. The van der Waals surface area contributed by atoms with E-state index in [1.54, 1.807) is 19.1 Å². The maximum atomic E-state index is 11.4. The lowest BCUT2D eigenvalue weighted by molar-refractivity contribution is 0.204. The second-order valence-corrected chi connectivity index (χ2v) is 6.64. The van der Waals surface area contributed by atoms with Gasteiger partial charge in [-0.3, -0.25) is 0 Å². The number of urea groups is 1. The molecular formula is C20H22N6O3. The van der Waals surface area contributed by atoms with Crippen molar-refractivity contribution in [2.24, 2.45) is 5.73 Å². The van der Waals surface area contributed by atoms with Crippen molar-refractivity contribution in [3.8, 4) is 22.8 Å². The number of amides is 2. The molecule has 0 atom stereocenters. The zero-order chi connectivity index (χ0) is 20.4. The number of methoxy groups -OCH3 is 2. The van der Waals surface area contributed by atoms with Crippen molar-refractivity contribution >= 4 is 22.9 Å². The van der Waals surface area contributed by atoms with Crippen LogP contribution in [0.4, 0.5) is 10.6 Å². The van der Waals surface area contributed by atoms with Gasteiger partial charge >= 0.3 is 6.03 Å². The van der Waals surface area contributed by atoms with E-state index >= 15 is 0 Å². The van der Waals surface area contributed by atoms with Crippen LogP contribution >= 0.6 is 0 Å². The number of primary amides is 1. The number of carbonyl (C=O) groups is 1. The summed E-state index contributed by atoms with van der Waals surface area (Å²) in [5.74, 6) is 2.05. The van der Waals surface area contributed by atoms with Crippen molar-refractivity contribution in [3.05, 3.63) is 36.7 Å².